The average Bonchev–Trinajstić information content (AvgIpc) is 2.32. The zero-order valence-corrected chi connectivity index (χ0v) is 10.0. The maximum Gasteiger partial charge on any atom is 0.151 e. The van der Waals surface area contributed by atoms with Crippen molar-refractivity contribution in [3.8, 4) is 0 Å². The van der Waals surface area contributed by atoms with Gasteiger partial charge in [-0.25, -0.2) is 0 Å². The molecule has 0 saturated carbocycles. The van der Waals surface area contributed by atoms with Crippen LogP contribution in [0.15, 0.2) is 12.1 Å². The second-order valence-corrected chi connectivity index (χ2v) is 4.61. The second-order valence-electron chi connectivity index (χ2n) is 4.22. The molecule has 2 heterocycles. The topological polar surface area (TPSA) is 55.0 Å². The fourth-order valence-electron chi connectivity index (χ4n) is 2.16. The Hall–Kier alpha value is -0.870. The summed E-state index contributed by atoms with van der Waals surface area (Å²) in [5.74, 6) is 1.71. The summed E-state index contributed by atoms with van der Waals surface area (Å²) in [7, 11) is 0. The van der Waals surface area contributed by atoms with Crippen LogP contribution in [0.25, 0.3) is 0 Å². The minimum atomic E-state index is 0.446. The minimum absolute atomic E-state index is 0.446. The molecule has 1 aromatic rings. The number of aromatic nitrogens is 2. The highest BCUT2D eigenvalue weighted by Gasteiger charge is 2.19. The van der Waals surface area contributed by atoms with Gasteiger partial charge in [0.1, 0.15) is 0 Å². The van der Waals surface area contributed by atoms with E-state index in [0.29, 0.717) is 5.15 Å². The van der Waals surface area contributed by atoms with E-state index in [2.05, 4.69) is 15.1 Å². The van der Waals surface area contributed by atoms with E-state index in [1.54, 1.807) is 6.07 Å². The summed E-state index contributed by atoms with van der Waals surface area (Å²) in [6.07, 6.45) is 3.53. The molecule has 1 saturated heterocycles. The highest BCUT2D eigenvalue weighted by Crippen LogP contribution is 2.23. The molecule has 2 N–H and O–H groups in total. The molecule has 0 radical (unpaired) electrons. The first-order chi connectivity index (χ1) is 7.79. The van der Waals surface area contributed by atoms with Gasteiger partial charge in [-0.3, -0.25) is 0 Å². The van der Waals surface area contributed by atoms with Crippen molar-refractivity contribution < 1.29 is 0 Å². The molecule has 0 unspecified atom stereocenters. The van der Waals surface area contributed by atoms with Crippen molar-refractivity contribution in [2.24, 2.45) is 11.7 Å². The number of piperidine rings is 1. The third-order valence-electron chi connectivity index (χ3n) is 3.13. The molecule has 0 aromatic carbocycles. The molecular formula is C11H17ClN4. The lowest BCUT2D eigenvalue weighted by Crippen LogP contribution is -2.34. The summed E-state index contributed by atoms with van der Waals surface area (Å²) in [4.78, 5) is 2.26. The van der Waals surface area contributed by atoms with E-state index in [9.17, 15) is 0 Å². The van der Waals surface area contributed by atoms with E-state index in [4.69, 9.17) is 17.3 Å². The standard InChI is InChI=1S/C11H17ClN4/c12-10-1-2-11(15-14-10)16-7-4-9(3-6-13)5-8-16/h1-2,9H,3-8,13H2. The third-order valence-corrected chi connectivity index (χ3v) is 3.33. The predicted octanol–water partition coefficient (Wildman–Crippen LogP) is 1.70. The Morgan fingerprint density at radius 1 is 1.31 bits per heavy atom. The molecule has 1 aromatic heterocycles. The molecule has 0 atom stereocenters. The van der Waals surface area contributed by atoms with Crippen LogP contribution in [0.2, 0.25) is 5.15 Å². The van der Waals surface area contributed by atoms with Crippen LogP contribution in [-0.4, -0.2) is 29.8 Å². The number of halogens is 1. The smallest absolute Gasteiger partial charge is 0.151 e. The normalized spacial score (nSPS) is 17.8. The van der Waals surface area contributed by atoms with Crippen LogP contribution in [0.4, 0.5) is 5.82 Å². The van der Waals surface area contributed by atoms with E-state index in [-0.39, 0.29) is 0 Å². The Balaban J connectivity index is 1.91. The number of hydrogen-bond acceptors (Lipinski definition) is 4. The van der Waals surface area contributed by atoms with Crippen molar-refractivity contribution in [2.45, 2.75) is 19.3 Å². The van der Waals surface area contributed by atoms with Gasteiger partial charge < -0.3 is 10.6 Å². The first-order valence-electron chi connectivity index (χ1n) is 5.74. The molecule has 0 amide bonds. The van der Waals surface area contributed by atoms with E-state index < -0.39 is 0 Å². The van der Waals surface area contributed by atoms with Crippen LogP contribution in [-0.2, 0) is 0 Å². The van der Waals surface area contributed by atoms with Crippen molar-refractivity contribution in [1.29, 1.82) is 0 Å². The molecule has 88 valence electrons. The maximum atomic E-state index is 5.71. The highest BCUT2D eigenvalue weighted by atomic mass is 35.5. The molecule has 0 bridgehead atoms. The zero-order chi connectivity index (χ0) is 11.4. The van der Waals surface area contributed by atoms with Crippen LogP contribution in [0.5, 0.6) is 0 Å². The third kappa shape index (κ3) is 2.83. The van der Waals surface area contributed by atoms with E-state index >= 15 is 0 Å². The lowest BCUT2D eigenvalue weighted by atomic mass is 9.94. The van der Waals surface area contributed by atoms with Crippen molar-refractivity contribution in [3.63, 3.8) is 0 Å². The van der Waals surface area contributed by atoms with Gasteiger partial charge in [0, 0.05) is 13.1 Å². The molecular weight excluding hydrogens is 224 g/mol. The Kier molecular flexibility index (Phi) is 3.96. The summed E-state index contributed by atoms with van der Waals surface area (Å²) >= 11 is 5.71. The summed E-state index contributed by atoms with van der Waals surface area (Å²) in [6.45, 7) is 2.88. The maximum absolute atomic E-state index is 5.71. The van der Waals surface area contributed by atoms with Gasteiger partial charge >= 0.3 is 0 Å². The molecule has 1 fully saturated rings. The Morgan fingerprint density at radius 3 is 2.62 bits per heavy atom. The van der Waals surface area contributed by atoms with Crippen molar-refractivity contribution in [3.05, 3.63) is 17.3 Å². The number of anilines is 1. The fourth-order valence-corrected chi connectivity index (χ4v) is 2.26. The Bertz CT molecular complexity index is 319. The van der Waals surface area contributed by atoms with Crippen molar-refractivity contribution in [1.82, 2.24) is 10.2 Å². The summed E-state index contributed by atoms with van der Waals surface area (Å²) in [5.41, 5.74) is 5.57. The summed E-state index contributed by atoms with van der Waals surface area (Å²) in [6, 6.07) is 3.72. The van der Waals surface area contributed by atoms with Gasteiger partial charge in [-0.1, -0.05) is 11.6 Å². The van der Waals surface area contributed by atoms with Crippen LogP contribution < -0.4 is 10.6 Å². The van der Waals surface area contributed by atoms with E-state index in [1.807, 2.05) is 6.07 Å². The molecule has 16 heavy (non-hydrogen) atoms. The quantitative estimate of drug-likeness (QED) is 0.874. The molecule has 4 nitrogen and oxygen atoms in total. The lowest BCUT2D eigenvalue weighted by Gasteiger charge is -2.32. The molecule has 0 spiro atoms. The predicted molar refractivity (Wildman–Crippen MR) is 65.7 cm³/mol. The molecule has 5 heteroatoms. The van der Waals surface area contributed by atoms with E-state index in [0.717, 1.165) is 37.8 Å². The molecule has 0 aliphatic carbocycles. The first-order valence-corrected chi connectivity index (χ1v) is 6.11. The number of nitrogens with zero attached hydrogens (tertiary/aromatic N) is 3. The largest absolute Gasteiger partial charge is 0.355 e. The van der Waals surface area contributed by atoms with Gasteiger partial charge in [-0.05, 0) is 43.9 Å². The fraction of sp³-hybridized carbons (Fsp3) is 0.636. The lowest BCUT2D eigenvalue weighted by molar-refractivity contribution is 0.384. The van der Waals surface area contributed by atoms with Crippen LogP contribution >= 0.6 is 11.6 Å². The minimum Gasteiger partial charge on any atom is -0.355 e. The highest BCUT2D eigenvalue weighted by molar-refractivity contribution is 6.29. The number of rotatable bonds is 3. The molecule has 1 aliphatic heterocycles. The first kappa shape index (κ1) is 11.6. The Morgan fingerprint density at radius 2 is 2.06 bits per heavy atom. The SMILES string of the molecule is NCCC1CCN(c2ccc(Cl)nn2)CC1. The van der Waals surface area contributed by atoms with Crippen LogP contribution in [0.1, 0.15) is 19.3 Å². The molecule has 2 rings (SSSR count). The van der Waals surface area contributed by atoms with Gasteiger partial charge in [0.2, 0.25) is 0 Å². The van der Waals surface area contributed by atoms with Crippen LogP contribution in [0, 0.1) is 5.92 Å². The van der Waals surface area contributed by atoms with Crippen molar-refractivity contribution >= 4 is 17.4 Å². The van der Waals surface area contributed by atoms with Gasteiger partial charge in [0.05, 0.1) is 0 Å². The number of hydrogen-bond donors (Lipinski definition) is 1. The monoisotopic (exact) mass is 240 g/mol. The Labute approximate surface area is 101 Å². The van der Waals surface area contributed by atoms with E-state index in [1.165, 1.54) is 12.8 Å². The van der Waals surface area contributed by atoms with Gasteiger partial charge in [0.15, 0.2) is 11.0 Å². The average molecular weight is 241 g/mol. The second kappa shape index (κ2) is 5.46. The van der Waals surface area contributed by atoms with Gasteiger partial charge in [-0.15, -0.1) is 10.2 Å². The number of nitrogens with two attached hydrogens (primary N) is 1. The van der Waals surface area contributed by atoms with Crippen LogP contribution in [0.3, 0.4) is 0 Å². The van der Waals surface area contributed by atoms with Gasteiger partial charge in [-0.2, -0.15) is 0 Å². The summed E-state index contributed by atoms with van der Waals surface area (Å²) in [5, 5.41) is 8.40. The summed E-state index contributed by atoms with van der Waals surface area (Å²) < 4.78 is 0. The van der Waals surface area contributed by atoms with Crippen molar-refractivity contribution in [2.75, 3.05) is 24.5 Å². The van der Waals surface area contributed by atoms with Gasteiger partial charge in [0.25, 0.3) is 0 Å². The molecule has 1 aliphatic rings. The zero-order valence-electron chi connectivity index (χ0n) is 9.27.